The molecular weight excluding hydrogens is 286 g/mol. The molecule has 1 aromatic carbocycles. The lowest BCUT2D eigenvalue weighted by molar-refractivity contribution is 0.254. The third kappa shape index (κ3) is 3.37. The molecule has 126 valence electrons. The van der Waals surface area contributed by atoms with Gasteiger partial charge in [0, 0.05) is 12.0 Å². The van der Waals surface area contributed by atoms with Gasteiger partial charge in [-0.1, -0.05) is 0 Å². The SMILES string of the molecule is C/C=N/CNc1cc(C)c(C2CCN(C)CC2)c2c1O[C@H](C)C2. The Morgan fingerprint density at radius 1 is 1.39 bits per heavy atom. The van der Waals surface area contributed by atoms with Gasteiger partial charge in [0.05, 0.1) is 5.69 Å². The molecule has 4 nitrogen and oxygen atoms in total. The summed E-state index contributed by atoms with van der Waals surface area (Å²) in [6.45, 7) is 9.36. The van der Waals surface area contributed by atoms with Crippen LogP contribution < -0.4 is 10.1 Å². The molecule has 4 heteroatoms. The fourth-order valence-electron chi connectivity index (χ4n) is 3.97. The second-order valence-electron chi connectivity index (χ2n) is 6.95. The lowest BCUT2D eigenvalue weighted by Crippen LogP contribution is -2.29. The zero-order chi connectivity index (χ0) is 16.4. The molecule has 2 aliphatic rings. The van der Waals surface area contributed by atoms with E-state index < -0.39 is 0 Å². The molecule has 2 aliphatic heterocycles. The molecule has 0 unspecified atom stereocenters. The molecule has 1 N–H and O–H groups in total. The zero-order valence-corrected chi connectivity index (χ0v) is 14.9. The smallest absolute Gasteiger partial charge is 0.146 e. The minimum atomic E-state index is 0.270. The molecule has 0 aliphatic carbocycles. The standard InChI is InChI=1S/C19H29N3O/c1-5-20-12-21-17-10-13(2)18(15-6-8-22(4)9-7-15)16-11-14(3)23-19(16)17/h5,10,14-15,21H,6-9,11-12H2,1-4H3/b20-5+/t14-/m1/s1. The first-order chi connectivity index (χ1) is 11.1. The third-order valence-corrected chi connectivity index (χ3v) is 5.11. The molecule has 1 atom stereocenters. The number of benzene rings is 1. The van der Waals surface area contributed by atoms with Gasteiger partial charge < -0.3 is 15.0 Å². The number of fused-ring (bicyclic) bond motifs is 1. The van der Waals surface area contributed by atoms with E-state index in [0.29, 0.717) is 12.6 Å². The Balaban J connectivity index is 1.93. The van der Waals surface area contributed by atoms with Gasteiger partial charge in [0.1, 0.15) is 18.5 Å². The molecular formula is C19H29N3O. The molecule has 2 heterocycles. The summed E-state index contributed by atoms with van der Waals surface area (Å²) in [5.74, 6) is 1.75. The fraction of sp³-hybridized carbons (Fsp3) is 0.632. The van der Waals surface area contributed by atoms with Crippen LogP contribution in [0.25, 0.3) is 0 Å². The van der Waals surface area contributed by atoms with Crippen LogP contribution in [-0.4, -0.2) is 44.0 Å². The molecule has 1 saturated heterocycles. The van der Waals surface area contributed by atoms with Crippen molar-refractivity contribution in [2.45, 2.75) is 52.1 Å². The van der Waals surface area contributed by atoms with Gasteiger partial charge in [0.25, 0.3) is 0 Å². The second kappa shape index (κ2) is 6.91. The van der Waals surface area contributed by atoms with Crippen LogP contribution in [0.5, 0.6) is 5.75 Å². The van der Waals surface area contributed by atoms with Crippen LogP contribution in [0.3, 0.4) is 0 Å². The van der Waals surface area contributed by atoms with E-state index in [1.54, 1.807) is 5.56 Å². The quantitative estimate of drug-likeness (QED) is 0.863. The van der Waals surface area contributed by atoms with Crippen molar-refractivity contribution in [1.82, 2.24) is 4.90 Å². The number of nitrogens with zero attached hydrogens (tertiary/aromatic N) is 2. The Morgan fingerprint density at radius 3 is 2.83 bits per heavy atom. The number of aryl methyl sites for hydroxylation is 1. The zero-order valence-electron chi connectivity index (χ0n) is 14.9. The molecule has 0 amide bonds. The Hall–Kier alpha value is -1.55. The van der Waals surface area contributed by atoms with Crippen LogP contribution in [0, 0.1) is 6.92 Å². The number of hydrogen-bond donors (Lipinski definition) is 1. The first kappa shape index (κ1) is 16.3. The maximum absolute atomic E-state index is 6.15. The second-order valence-corrected chi connectivity index (χ2v) is 6.95. The number of ether oxygens (including phenoxy) is 1. The number of rotatable bonds is 4. The summed E-state index contributed by atoms with van der Waals surface area (Å²) in [5.41, 5.74) is 5.50. The van der Waals surface area contributed by atoms with Crippen LogP contribution in [0.2, 0.25) is 0 Å². The van der Waals surface area contributed by atoms with Crippen molar-refractivity contribution in [2.75, 3.05) is 32.1 Å². The van der Waals surface area contributed by atoms with Crippen molar-refractivity contribution in [3.05, 3.63) is 22.8 Å². The van der Waals surface area contributed by atoms with Crippen LogP contribution in [-0.2, 0) is 6.42 Å². The number of hydrogen-bond acceptors (Lipinski definition) is 4. The molecule has 0 saturated carbocycles. The van der Waals surface area contributed by atoms with E-state index >= 15 is 0 Å². The first-order valence-electron chi connectivity index (χ1n) is 8.80. The van der Waals surface area contributed by atoms with Gasteiger partial charge in [-0.15, -0.1) is 0 Å². The molecule has 23 heavy (non-hydrogen) atoms. The summed E-state index contributed by atoms with van der Waals surface area (Å²) in [4.78, 5) is 6.70. The highest BCUT2D eigenvalue weighted by atomic mass is 16.5. The molecule has 3 rings (SSSR count). The normalized spacial score (nSPS) is 22.3. The van der Waals surface area contributed by atoms with Crippen LogP contribution >= 0.6 is 0 Å². The van der Waals surface area contributed by atoms with Crippen molar-refractivity contribution in [3.63, 3.8) is 0 Å². The van der Waals surface area contributed by atoms with Crippen molar-refractivity contribution < 1.29 is 4.74 Å². The summed E-state index contributed by atoms with van der Waals surface area (Å²) >= 11 is 0. The van der Waals surface area contributed by atoms with Crippen LogP contribution in [0.1, 0.15) is 49.3 Å². The van der Waals surface area contributed by atoms with Crippen molar-refractivity contribution in [3.8, 4) is 5.75 Å². The lowest BCUT2D eigenvalue weighted by Gasteiger charge is -2.31. The Labute approximate surface area is 139 Å². The van der Waals surface area contributed by atoms with Crippen molar-refractivity contribution >= 4 is 11.9 Å². The highest BCUT2D eigenvalue weighted by molar-refractivity contribution is 5.67. The van der Waals surface area contributed by atoms with Gasteiger partial charge in [-0.2, -0.15) is 0 Å². The third-order valence-electron chi connectivity index (χ3n) is 5.11. The number of piperidine rings is 1. The topological polar surface area (TPSA) is 36.9 Å². The fourth-order valence-corrected chi connectivity index (χ4v) is 3.97. The van der Waals surface area contributed by atoms with Crippen LogP contribution in [0.15, 0.2) is 11.1 Å². The average Bonchev–Trinajstić information content (AvgIpc) is 2.90. The maximum atomic E-state index is 6.15. The van der Waals surface area contributed by atoms with E-state index in [1.165, 1.54) is 37.1 Å². The van der Waals surface area contributed by atoms with Crippen LogP contribution in [0.4, 0.5) is 5.69 Å². The van der Waals surface area contributed by atoms with Gasteiger partial charge in [-0.05, 0) is 83.1 Å². The average molecular weight is 315 g/mol. The summed E-state index contributed by atoms with van der Waals surface area (Å²) in [6, 6.07) is 2.26. The van der Waals surface area contributed by atoms with E-state index in [4.69, 9.17) is 4.74 Å². The predicted molar refractivity (Wildman–Crippen MR) is 97.1 cm³/mol. The maximum Gasteiger partial charge on any atom is 0.146 e. The molecule has 1 aromatic rings. The van der Waals surface area contributed by atoms with Gasteiger partial charge in [-0.3, -0.25) is 4.99 Å². The number of likely N-dealkylation sites (tertiary alicyclic amines) is 1. The molecule has 0 radical (unpaired) electrons. The Morgan fingerprint density at radius 2 is 2.13 bits per heavy atom. The number of nitrogens with one attached hydrogen (secondary N) is 1. The number of anilines is 1. The molecule has 1 fully saturated rings. The summed E-state index contributed by atoms with van der Waals surface area (Å²) < 4.78 is 6.15. The summed E-state index contributed by atoms with van der Waals surface area (Å²) in [7, 11) is 2.22. The lowest BCUT2D eigenvalue weighted by atomic mass is 9.82. The summed E-state index contributed by atoms with van der Waals surface area (Å²) in [6.07, 6.45) is 5.64. The van der Waals surface area contributed by atoms with Gasteiger partial charge in [0.2, 0.25) is 0 Å². The van der Waals surface area contributed by atoms with E-state index in [1.807, 2.05) is 13.1 Å². The van der Waals surface area contributed by atoms with E-state index in [2.05, 4.69) is 42.2 Å². The Bertz CT molecular complexity index is 589. The summed E-state index contributed by atoms with van der Waals surface area (Å²) in [5, 5.41) is 3.41. The molecule has 0 bridgehead atoms. The van der Waals surface area contributed by atoms with E-state index in [9.17, 15) is 0 Å². The minimum absolute atomic E-state index is 0.270. The highest BCUT2D eigenvalue weighted by Crippen LogP contribution is 2.44. The van der Waals surface area contributed by atoms with Gasteiger partial charge in [0.15, 0.2) is 0 Å². The van der Waals surface area contributed by atoms with Gasteiger partial charge >= 0.3 is 0 Å². The van der Waals surface area contributed by atoms with Crippen molar-refractivity contribution in [2.24, 2.45) is 4.99 Å². The highest BCUT2D eigenvalue weighted by Gasteiger charge is 2.31. The molecule has 0 spiro atoms. The van der Waals surface area contributed by atoms with E-state index in [-0.39, 0.29) is 6.10 Å². The van der Waals surface area contributed by atoms with Crippen molar-refractivity contribution in [1.29, 1.82) is 0 Å². The minimum Gasteiger partial charge on any atom is -0.488 e. The largest absolute Gasteiger partial charge is 0.488 e. The van der Waals surface area contributed by atoms with E-state index in [0.717, 1.165) is 17.9 Å². The number of aliphatic imine (C=N–C) groups is 1. The first-order valence-corrected chi connectivity index (χ1v) is 8.80. The molecule has 0 aromatic heterocycles. The predicted octanol–water partition coefficient (Wildman–Crippen LogP) is 3.59. The Kier molecular flexibility index (Phi) is 4.90. The monoisotopic (exact) mass is 315 g/mol. The van der Waals surface area contributed by atoms with Gasteiger partial charge in [-0.25, -0.2) is 0 Å².